The zero-order chi connectivity index (χ0) is 15.9. The van der Waals surface area contributed by atoms with E-state index < -0.39 is 6.10 Å². The molecule has 5 nitrogen and oxygen atoms in total. The average Bonchev–Trinajstić information content (AvgIpc) is 2.91. The molecule has 0 saturated heterocycles. The van der Waals surface area contributed by atoms with Crippen molar-refractivity contribution in [2.45, 2.75) is 46.0 Å². The molecule has 2 atom stereocenters. The molecule has 0 aliphatic heterocycles. The lowest BCUT2D eigenvalue weighted by Gasteiger charge is -2.14. The fourth-order valence-electron chi connectivity index (χ4n) is 2.12. The lowest BCUT2D eigenvalue weighted by atomic mass is 10.2. The minimum atomic E-state index is -0.429. The van der Waals surface area contributed by atoms with Crippen LogP contribution in [0, 0.1) is 18.3 Å². The number of hydrogen-bond acceptors (Lipinski definition) is 4. The molecule has 1 heterocycles. The maximum absolute atomic E-state index is 8.73. The highest BCUT2D eigenvalue weighted by Gasteiger charge is 2.05. The molecule has 0 fully saturated rings. The molecule has 0 bridgehead atoms. The Bertz CT molecular complexity index is 627. The van der Waals surface area contributed by atoms with Gasteiger partial charge in [-0.05, 0) is 44.0 Å². The topological polar surface area (TPSA) is 62.9 Å². The van der Waals surface area contributed by atoms with Crippen molar-refractivity contribution in [2.75, 3.05) is 0 Å². The molecule has 116 valence electrons. The van der Waals surface area contributed by atoms with Crippen LogP contribution in [0.15, 0.2) is 36.7 Å². The number of benzene rings is 1. The number of hydrogen-bond donors (Lipinski definition) is 1. The monoisotopic (exact) mass is 298 g/mol. The summed E-state index contributed by atoms with van der Waals surface area (Å²) in [6, 6.07) is 10.2. The first-order valence-electron chi connectivity index (χ1n) is 7.44. The molecule has 0 amide bonds. The lowest BCUT2D eigenvalue weighted by Crippen LogP contribution is -2.30. The van der Waals surface area contributed by atoms with Crippen molar-refractivity contribution in [3.63, 3.8) is 0 Å². The Morgan fingerprint density at radius 2 is 2.05 bits per heavy atom. The molecule has 1 N–H and O–H groups in total. The van der Waals surface area contributed by atoms with Gasteiger partial charge in [0, 0.05) is 18.8 Å². The van der Waals surface area contributed by atoms with E-state index in [4.69, 9.17) is 10.00 Å². The molecule has 2 aromatic rings. The predicted octanol–water partition coefficient (Wildman–Crippen LogP) is 2.66. The Morgan fingerprint density at radius 1 is 1.32 bits per heavy atom. The number of ether oxygens (including phenoxy) is 1. The number of nitrogens with zero attached hydrogens (tertiary/aromatic N) is 3. The molecule has 0 aliphatic rings. The Hall–Kier alpha value is -2.32. The Labute approximate surface area is 131 Å². The van der Waals surface area contributed by atoms with E-state index in [-0.39, 0.29) is 0 Å². The summed E-state index contributed by atoms with van der Waals surface area (Å²) in [7, 11) is 0. The second-order valence-electron chi connectivity index (χ2n) is 5.55. The van der Waals surface area contributed by atoms with Crippen molar-refractivity contribution in [3.05, 3.63) is 47.8 Å². The zero-order valence-corrected chi connectivity index (χ0v) is 13.3. The maximum atomic E-state index is 8.73. The number of aromatic nitrogens is 2. The smallest absolute Gasteiger partial charge is 0.181 e. The normalized spacial score (nSPS) is 13.4. The van der Waals surface area contributed by atoms with Crippen molar-refractivity contribution < 1.29 is 4.74 Å². The second kappa shape index (κ2) is 7.62. The van der Waals surface area contributed by atoms with Crippen LogP contribution >= 0.6 is 0 Å². The number of rotatable bonds is 7. The first-order chi connectivity index (χ1) is 10.6. The van der Waals surface area contributed by atoms with E-state index >= 15 is 0 Å². The minimum absolute atomic E-state index is 0.328. The van der Waals surface area contributed by atoms with Crippen LogP contribution in [0.5, 0.6) is 5.75 Å². The summed E-state index contributed by atoms with van der Waals surface area (Å²) in [5.41, 5.74) is 2.36. The molecule has 0 saturated carbocycles. The number of nitrogens with one attached hydrogen (secondary N) is 1. The van der Waals surface area contributed by atoms with Crippen LogP contribution in [0.1, 0.15) is 25.0 Å². The molecule has 1 aromatic carbocycles. The van der Waals surface area contributed by atoms with Crippen molar-refractivity contribution in [1.82, 2.24) is 15.1 Å². The molecule has 2 rings (SSSR count). The van der Waals surface area contributed by atoms with Gasteiger partial charge < -0.3 is 10.1 Å². The van der Waals surface area contributed by atoms with Crippen LogP contribution in [0.3, 0.4) is 0 Å². The summed E-state index contributed by atoms with van der Waals surface area (Å²) in [6.07, 6.45) is 3.48. The quantitative estimate of drug-likeness (QED) is 0.853. The van der Waals surface area contributed by atoms with E-state index in [1.165, 1.54) is 11.1 Å². The Balaban J connectivity index is 1.80. The molecule has 1 aromatic heterocycles. The van der Waals surface area contributed by atoms with Crippen molar-refractivity contribution in [3.8, 4) is 11.8 Å². The van der Waals surface area contributed by atoms with Gasteiger partial charge in [0.15, 0.2) is 6.10 Å². The molecule has 5 heteroatoms. The van der Waals surface area contributed by atoms with Crippen molar-refractivity contribution in [2.24, 2.45) is 0 Å². The van der Waals surface area contributed by atoms with Gasteiger partial charge in [0.05, 0.1) is 12.7 Å². The highest BCUT2D eigenvalue weighted by Crippen LogP contribution is 2.13. The van der Waals surface area contributed by atoms with E-state index in [1.54, 1.807) is 6.92 Å². The Kier molecular flexibility index (Phi) is 5.56. The molecule has 0 aliphatic carbocycles. The molecular formula is C17H22N4O. The van der Waals surface area contributed by atoms with Gasteiger partial charge in [-0.3, -0.25) is 4.68 Å². The van der Waals surface area contributed by atoms with Crippen LogP contribution in [-0.2, 0) is 13.1 Å². The predicted molar refractivity (Wildman–Crippen MR) is 85.4 cm³/mol. The van der Waals surface area contributed by atoms with Crippen LogP contribution < -0.4 is 10.1 Å². The second-order valence-corrected chi connectivity index (χ2v) is 5.55. The van der Waals surface area contributed by atoms with Gasteiger partial charge in [-0.15, -0.1) is 0 Å². The van der Waals surface area contributed by atoms with Gasteiger partial charge in [0.25, 0.3) is 0 Å². The summed E-state index contributed by atoms with van der Waals surface area (Å²) in [4.78, 5) is 0. The summed E-state index contributed by atoms with van der Waals surface area (Å²) in [5.74, 6) is 0.720. The molecule has 0 radical (unpaired) electrons. The first-order valence-corrected chi connectivity index (χ1v) is 7.44. The van der Waals surface area contributed by atoms with E-state index in [2.05, 4.69) is 23.4 Å². The van der Waals surface area contributed by atoms with Gasteiger partial charge in [-0.2, -0.15) is 10.4 Å². The van der Waals surface area contributed by atoms with Gasteiger partial charge >= 0.3 is 0 Å². The molecule has 22 heavy (non-hydrogen) atoms. The maximum Gasteiger partial charge on any atom is 0.181 e. The van der Waals surface area contributed by atoms with Crippen LogP contribution in [-0.4, -0.2) is 21.9 Å². The minimum Gasteiger partial charge on any atom is -0.476 e. The zero-order valence-electron chi connectivity index (χ0n) is 13.3. The highest BCUT2D eigenvalue weighted by molar-refractivity contribution is 5.27. The van der Waals surface area contributed by atoms with Gasteiger partial charge in [0.2, 0.25) is 0 Å². The number of nitriles is 1. The fraction of sp³-hybridized carbons (Fsp3) is 0.412. The molecule has 0 unspecified atom stereocenters. The van der Waals surface area contributed by atoms with Crippen molar-refractivity contribution in [1.29, 1.82) is 5.26 Å². The average molecular weight is 298 g/mol. The largest absolute Gasteiger partial charge is 0.476 e. The fourth-order valence-corrected chi connectivity index (χ4v) is 2.12. The summed E-state index contributed by atoms with van der Waals surface area (Å²) >= 11 is 0. The first kappa shape index (κ1) is 16.1. The number of aryl methyl sites for hydroxylation is 1. The third-order valence-electron chi connectivity index (χ3n) is 3.30. The van der Waals surface area contributed by atoms with Gasteiger partial charge in [-0.1, -0.05) is 12.1 Å². The van der Waals surface area contributed by atoms with Crippen LogP contribution in [0.4, 0.5) is 0 Å². The van der Waals surface area contributed by atoms with E-state index in [0.717, 1.165) is 18.8 Å². The molecular weight excluding hydrogens is 276 g/mol. The van der Waals surface area contributed by atoms with Crippen molar-refractivity contribution >= 4 is 0 Å². The van der Waals surface area contributed by atoms with E-state index in [9.17, 15) is 0 Å². The summed E-state index contributed by atoms with van der Waals surface area (Å²) in [6.45, 7) is 7.54. The van der Waals surface area contributed by atoms with Gasteiger partial charge in [-0.25, -0.2) is 0 Å². The summed E-state index contributed by atoms with van der Waals surface area (Å²) < 4.78 is 7.38. The van der Waals surface area contributed by atoms with Crippen LogP contribution in [0.25, 0.3) is 0 Å². The summed E-state index contributed by atoms with van der Waals surface area (Å²) in [5, 5.41) is 16.5. The van der Waals surface area contributed by atoms with Gasteiger partial charge in [0.1, 0.15) is 11.8 Å². The molecule has 0 spiro atoms. The third kappa shape index (κ3) is 4.90. The van der Waals surface area contributed by atoms with E-state index in [0.29, 0.717) is 6.04 Å². The standard InChI is InChI=1S/C17H22N4O/c1-13-9-20-21(11-13)12-14(2)19-10-16-4-6-17(7-5-16)22-15(3)8-18/h4-7,9,11,14-15,19H,10,12H2,1-3H3/t14-,15-/m1/s1. The van der Waals surface area contributed by atoms with Crippen LogP contribution in [0.2, 0.25) is 0 Å². The SMILES string of the molecule is Cc1cnn(C[C@@H](C)NCc2ccc(O[C@H](C)C#N)cc2)c1. The lowest BCUT2D eigenvalue weighted by molar-refractivity contribution is 0.276. The van der Waals surface area contributed by atoms with E-state index in [1.807, 2.05) is 48.3 Å². The Morgan fingerprint density at radius 3 is 2.64 bits per heavy atom. The third-order valence-corrected chi connectivity index (χ3v) is 3.30. The highest BCUT2D eigenvalue weighted by atomic mass is 16.5.